The maximum absolute atomic E-state index is 12.4. The van der Waals surface area contributed by atoms with E-state index in [9.17, 15) is 19.5 Å². The maximum Gasteiger partial charge on any atom is 0.192 e. The van der Waals surface area contributed by atoms with E-state index >= 15 is 0 Å². The largest absolute Gasteiger partial charge is 0.413 e. The van der Waals surface area contributed by atoms with Crippen LogP contribution < -0.4 is 0 Å². The Bertz CT molecular complexity index is 987. The predicted octanol–water partition coefficient (Wildman–Crippen LogP) is 8.82. The van der Waals surface area contributed by atoms with Crippen LogP contribution >= 0.6 is 0 Å². The van der Waals surface area contributed by atoms with Gasteiger partial charge in [0.05, 0.1) is 12.2 Å². The standard InChI is InChI=1S/C16H30O2Si.C10H16O2.C10H14O/c1-15(2,3)19(4,5)18-13-11-14(17)16(12-13)9-7-6-8-10-16;11-8-6-9(12)10(7-8)4-2-1-3-5-10;11-9-5-4-8-10(9)6-2-1-3-7-10/h13H,6-12H2,1-5H3;8,11H,1-7H2;4-5H,1-3,6-8H2/t13-;8-;/m00./s1. The highest BCUT2D eigenvalue weighted by molar-refractivity contribution is 6.74. The van der Waals surface area contributed by atoms with Crippen LogP contribution in [0.25, 0.3) is 0 Å². The van der Waals surface area contributed by atoms with Gasteiger partial charge in [-0.1, -0.05) is 84.6 Å². The number of rotatable bonds is 2. The van der Waals surface area contributed by atoms with E-state index < -0.39 is 8.32 Å². The molecule has 6 rings (SSSR count). The van der Waals surface area contributed by atoms with Crippen molar-refractivity contribution < 1.29 is 23.9 Å². The van der Waals surface area contributed by atoms with Crippen molar-refractivity contribution in [2.45, 2.75) is 180 Å². The molecule has 0 heterocycles. The van der Waals surface area contributed by atoms with Crippen molar-refractivity contribution in [3.8, 4) is 0 Å². The molecule has 1 N–H and O–H groups in total. The van der Waals surface area contributed by atoms with E-state index in [0.717, 1.165) is 57.8 Å². The van der Waals surface area contributed by atoms with Gasteiger partial charge in [-0.25, -0.2) is 0 Å². The molecule has 6 aliphatic rings. The molecule has 0 radical (unpaired) electrons. The summed E-state index contributed by atoms with van der Waals surface area (Å²) in [5, 5.41) is 9.63. The fourth-order valence-electron chi connectivity index (χ4n) is 8.56. The van der Waals surface area contributed by atoms with Gasteiger partial charge >= 0.3 is 0 Å². The second kappa shape index (κ2) is 13.5. The van der Waals surface area contributed by atoms with Crippen LogP contribution in [-0.2, 0) is 18.8 Å². The lowest BCUT2D eigenvalue weighted by molar-refractivity contribution is -0.128. The van der Waals surface area contributed by atoms with Crippen molar-refractivity contribution in [3.05, 3.63) is 12.2 Å². The third kappa shape index (κ3) is 7.57. The average Bonchev–Trinajstić information content (AvgIpc) is 3.52. The van der Waals surface area contributed by atoms with Gasteiger partial charge in [0.2, 0.25) is 0 Å². The molecule has 0 aromatic carbocycles. The summed E-state index contributed by atoms with van der Waals surface area (Å²) in [5.41, 5.74) is 0.00119. The molecule has 5 fully saturated rings. The Balaban J connectivity index is 0.000000152. The van der Waals surface area contributed by atoms with Crippen LogP contribution in [-0.4, -0.2) is 43.0 Å². The quantitative estimate of drug-likeness (QED) is 0.320. The van der Waals surface area contributed by atoms with Gasteiger partial charge in [0.15, 0.2) is 14.1 Å². The monoisotopic (exact) mass is 600 g/mol. The molecular weight excluding hydrogens is 540 g/mol. The van der Waals surface area contributed by atoms with Crippen LogP contribution in [0.15, 0.2) is 12.2 Å². The molecule has 5 nitrogen and oxygen atoms in total. The lowest BCUT2D eigenvalue weighted by Gasteiger charge is -2.39. The Morgan fingerprint density at radius 2 is 1.17 bits per heavy atom. The smallest absolute Gasteiger partial charge is 0.192 e. The van der Waals surface area contributed by atoms with Gasteiger partial charge in [-0.3, -0.25) is 14.4 Å². The highest BCUT2D eigenvalue weighted by Gasteiger charge is 2.50. The number of ketones is 3. The molecule has 2 atom stereocenters. The first-order valence-electron chi connectivity index (χ1n) is 17.4. The van der Waals surface area contributed by atoms with E-state index in [2.05, 4.69) is 33.9 Å². The second-order valence-electron chi connectivity index (χ2n) is 16.3. The van der Waals surface area contributed by atoms with Crippen molar-refractivity contribution in [2.75, 3.05) is 0 Å². The summed E-state index contributed by atoms with van der Waals surface area (Å²) < 4.78 is 6.48. The molecule has 0 aromatic rings. The summed E-state index contributed by atoms with van der Waals surface area (Å²) >= 11 is 0. The zero-order chi connectivity index (χ0) is 30.7. The maximum atomic E-state index is 12.4. The zero-order valence-corrected chi connectivity index (χ0v) is 28.5. The number of carbonyl (C=O) groups is 3. The number of carbonyl (C=O) groups excluding carboxylic acids is 3. The summed E-state index contributed by atoms with van der Waals surface area (Å²) in [5.74, 6) is 1.22. The summed E-state index contributed by atoms with van der Waals surface area (Å²) in [7, 11) is -1.73. The number of hydrogen-bond donors (Lipinski definition) is 1. The molecule has 0 unspecified atom stereocenters. The molecule has 238 valence electrons. The molecule has 0 bridgehead atoms. The fourth-order valence-corrected chi connectivity index (χ4v) is 9.91. The molecule has 0 aromatic heterocycles. The first kappa shape index (κ1) is 33.8. The minimum atomic E-state index is -1.73. The molecule has 0 saturated heterocycles. The number of aliphatic hydroxyl groups is 1. The SMILES string of the molecule is CC(C)(C)[Si](C)(C)O[C@H]1CC(=O)C2(CCCCC2)C1.O=C1C=CCC12CCCCC2.O=C1C[C@H](O)CC12CCCCC2. The first-order chi connectivity index (χ1) is 19.7. The lowest BCUT2D eigenvalue weighted by atomic mass is 9.72. The van der Waals surface area contributed by atoms with Crippen LogP contribution in [0.4, 0.5) is 0 Å². The van der Waals surface area contributed by atoms with Crippen molar-refractivity contribution >= 4 is 25.7 Å². The lowest BCUT2D eigenvalue weighted by Crippen LogP contribution is -2.43. The molecular formula is C36H60O5Si. The normalized spacial score (nSPS) is 29.9. The predicted molar refractivity (Wildman–Crippen MR) is 172 cm³/mol. The van der Waals surface area contributed by atoms with Crippen LogP contribution in [0.2, 0.25) is 18.1 Å². The minimum Gasteiger partial charge on any atom is -0.413 e. The van der Waals surface area contributed by atoms with Gasteiger partial charge in [0.25, 0.3) is 0 Å². The van der Waals surface area contributed by atoms with Gasteiger partial charge in [0, 0.05) is 29.1 Å². The van der Waals surface area contributed by atoms with Gasteiger partial charge in [-0.05, 0) is 82.0 Å². The third-order valence-electron chi connectivity index (χ3n) is 12.3. The molecule has 3 spiro atoms. The van der Waals surface area contributed by atoms with E-state index in [0.29, 0.717) is 30.2 Å². The van der Waals surface area contributed by atoms with Crippen LogP contribution in [0.3, 0.4) is 0 Å². The summed E-state index contributed by atoms with van der Waals surface area (Å²) in [6, 6.07) is 0. The fraction of sp³-hybridized carbons (Fsp3) is 0.861. The Kier molecular flexibility index (Phi) is 10.8. The van der Waals surface area contributed by atoms with E-state index in [4.69, 9.17) is 4.43 Å². The Hall–Kier alpha value is -1.11. The van der Waals surface area contributed by atoms with Crippen LogP contribution in [0.1, 0.15) is 149 Å². The van der Waals surface area contributed by atoms with Crippen molar-refractivity contribution in [1.29, 1.82) is 0 Å². The topological polar surface area (TPSA) is 80.7 Å². The number of aliphatic hydroxyl groups excluding tert-OH is 1. The summed E-state index contributed by atoms with van der Waals surface area (Å²) in [4.78, 5) is 35.5. The van der Waals surface area contributed by atoms with Crippen molar-refractivity contribution in [3.63, 3.8) is 0 Å². The summed E-state index contributed by atoms with van der Waals surface area (Å²) in [6.07, 6.45) is 25.4. The number of allylic oxidation sites excluding steroid dienone is 2. The highest BCUT2D eigenvalue weighted by atomic mass is 28.4. The number of Topliss-reactive ketones (excluding diaryl/α,β-unsaturated/α-hetero) is 2. The van der Waals surface area contributed by atoms with E-state index in [1.54, 1.807) is 6.08 Å². The second-order valence-corrected chi connectivity index (χ2v) is 21.1. The Labute approximate surface area is 257 Å². The summed E-state index contributed by atoms with van der Waals surface area (Å²) in [6.45, 7) is 11.4. The molecule has 5 saturated carbocycles. The minimum absolute atomic E-state index is 0.00524. The van der Waals surface area contributed by atoms with Gasteiger partial charge in [0.1, 0.15) is 11.6 Å². The Morgan fingerprint density at radius 3 is 1.57 bits per heavy atom. The van der Waals surface area contributed by atoms with Crippen LogP contribution in [0.5, 0.6) is 0 Å². The van der Waals surface area contributed by atoms with Gasteiger partial charge in [-0.15, -0.1) is 0 Å². The molecule has 6 heteroatoms. The third-order valence-corrected chi connectivity index (χ3v) is 16.8. The van der Waals surface area contributed by atoms with Crippen molar-refractivity contribution in [2.24, 2.45) is 16.2 Å². The van der Waals surface area contributed by atoms with E-state index in [-0.39, 0.29) is 33.5 Å². The zero-order valence-electron chi connectivity index (χ0n) is 27.5. The Morgan fingerprint density at radius 1 is 0.714 bits per heavy atom. The average molecular weight is 601 g/mol. The van der Waals surface area contributed by atoms with Gasteiger partial charge in [-0.2, -0.15) is 0 Å². The van der Waals surface area contributed by atoms with Crippen LogP contribution in [0, 0.1) is 16.2 Å². The van der Waals surface area contributed by atoms with Crippen molar-refractivity contribution in [1.82, 2.24) is 0 Å². The number of hydrogen-bond acceptors (Lipinski definition) is 5. The molecule has 0 amide bonds. The van der Waals surface area contributed by atoms with Gasteiger partial charge < -0.3 is 9.53 Å². The molecule has 0 aliphatic heterocycles. The molecule has 42 heavy (non-hydrogen) atoms. The highest BCUT2D eigenvalue weighted by Crippen LogP contribution is 2.50. The molecule has 6 aliphatic carbocycles. The van der Waals surface area contributed by atoms with E-state index in [1.165, 1.54) is 57.8 Å². The first-order valence-corrected chi connectivity index (χ1v) is 20.3. The van der Waals surface area contributed by atoms with E-state index in [1.807, 2.05) is 6.08 Å².